The van der Waals surface area contributed by atoms with Crippen LogP contribution in [0.2, 0.25) is 0 Å². The Hall–Kier alpha value is -1.36. The van der Waals surface area contributed by atoms with Crippen molar-refractivity contribution in [3.05, 3.63) is 11.6 Å². The predicted octanol–water partition coefficient (Wildman–Crippen LogP) is 3.25. The van der Waals surface area contributed by atoms with Crippen molar-refractivity contribution >= 4 is 11.9 Å². The Morgan fingerprint density at radius 2 is 1.88 bits per heavy atom. The van der Waals surface area contributed by atoms with Crippen LogP contribution in [-0.4, -0.2) is 36.4 Å². The maximum absolute atomic E-state index is 12.8. The number of aliphatic hydroxyl groups is 1. The van der Waals surface area contributed by atoms with Gasteiger partial charge < -0.3 is 14.6 Å². The van der Waals surface area contributed by atoms with E-state index in [1.807, 2.05) is 6.92 Å². The zero-order valence-corrected chi connectivity index (χ0v) is 16.1. The van der Waals surface area contributed by atoms with Crippen LogP contribution in [0.5, 0.6) is 0 Å². The second kappa shape index (κ2) is 7.48. The fraction of sp³-hybridized carbons (Fsp3) is 0.800. The summed E-state index contributed by atoms with van der Waals surface area (Å²) in [5.74, 6) is -0.565. The first kappa shape index (κ1) is 20.0. The molecule has 1 unspecified atom stereocenters. The van der Waals surface area contributed by atoms with Crippen LogP contribution in [0.3, 0.4) is 0 Å². The van der Waals surface area contributed by atoms with E-state index in [0.29, 0.717) is 5.92 Å². The Morgan fingerprint density at radius 1 is 1.24 bits per heavy atom. The maximum Gasteiger partial charge on any atom is 0.313 e. The van der Waals surface area contributed by atoms with Crippen molar-refractivity contribution in [2.45, 2.75) is 66.4 Å². The Balaban J connectivity index is 2.08. The van der Waals surface area contributed by atoms with Crippen LogP contribution in [0.15, 0.2) is 11.6 Å². The second-order valence-corrected chi connectivity index (χ2v) is 8.60. The summed E-state index contributed by atoms with van der Waals surface area (Å²) in [7, 11) is 0. The van der Waals surface area contributed by atoms with Gasteiger partial charge in [-0.3, -0.25) is 9.59 Å². The van der Waals surface area contributed by atoms with E-state index in [2.05, 4.69) is 26.8 Å². The van der Waals surface area contributed by atoms with Crippen LogP contribution >= 0.6 is 0 Å². The van der Waals surface area contributed by atoms with Gasteiger partial charge >= 0.3 is 11.9 Å². The molecule has 0 aromatic carbocycles. The van der Waals surface area contributed by atoms with Crippen LogP contribution in [-0.2, 0) is 19.1 Å². The number of hydrogen-bond acceptors (Lipinski definition) is 5. The molecule has 1 saturated carbocycles. The number of allylic oxidation sites excluding steroid dienone is 1. The lowest BCUT2D eigenvalue weighted by Gasteiger charge is -2.55. The summed E-state index contributed by atoms with van der Waals surface area (Å²) >= 11 is 0. The van der Waals surface area contributed by atoms with E-state index in [0.717, 1.165) is 24.8 Å². The van der Waals surface area contributed by atoms with Crippen LogP contribution in [0.25, 0.3) is 0 Å². The van der Waals surface area contributed by atoms with Crippen LogP contribution < -0.4 is 0 Å². The molecule has 4 atom stereocenters. The van der Waals surface area contributed by atoms with Crippen LogP contribution in [0.4, 0.5) is 0 Å². The molecule has 2 aliphatic carbocycles. The minimum Gasteiger partial charge on any atom is -0.463 e. The van der Waals surface area contributed by atoms with Gasteiger partial charge in [0, 0.05) is 6.92 Å². The van der Waals surface area contributed by atoms with Gasteiger partial charge in [0.1, 0.15) is 19.3 Å². The van der Waals surface area contributed by atoms with E-state index in [1.54, 1.807) is 0 Å². The second-order valence-electron chi connectivity index (χ2n) is 8.60. The lowest BCUT2D eigenvalue weighted by atomic mass is 9.49. The zero-order chi connectivity index (χ0) is 18.8. The molecule has 0 heterocycles. The molecule has 0 aliphatic heterocycles. The molecule has 0 aromatic heterocycles. The van der Waals surface area contributed by atoms with E-state index < -0.39 is 12.1 Å². The fourth-order valence-corrected chi connectivity index (χ4v) is 5.02. The van der Waals surface area contributed by atoms with Crippen LogP contribution in [0, 0.1) is 22.7 Å². The lowest BCUT2D eigenvalue weighted by molar-refractivity contribution is -0.162. The third-order valence-corrected chi connectivity index (χ3v) is 6.20. The zero-order valence-electron chi connectivity index (χ0n) is 16.1. The largest absolute Gasteiger partial charge is 0.463 e. The molecule has 0 radical (unpaired) electrons. The van der Waals surface area contributed by atoms with Gasteiger partial charge in [-0.05, 0) is 42.9 Å². The highest BCUT2D eigenvalue weighted by atomic mass is 16.6. The van der Waals surface area contributed by atoms with Gasteiger partial charge in [0.25, 0.3) is 0 Å². The molecule has 0 amide bonds. The van der Waals surface area contributed by atoms with Gasteiger partial charge in [-0.15, -0.1) is 0 Å². The third-order valence-electron chi connectivity index (χ3n) is 6.20. The van der Waals surface area contributed by atoms with E-state index in [1.165, 1.54) is 13.3 Å². The number of ether oxygens (including phenoxy) is 2. The quantitative estimate of drug-likeness (QED) is 0.607. The van der Waals surface area contributed by atoms with Gasteiger partial charge in [0.2, 0.25) is 0 Å². The van der Waals surface area contributed by atoms with Crippen molar-refractivity contribution in [3.63, 3.8) is 0 Å². The van der Waals surface area contributed by atoms with Crippen molar-refractivity contribution in [2.24, 2.45) is 22.7 Å². The first-order valence-corrected chi connectivity index (χ1v) is 9.22. The number of carbonyl (C=O) groups is 2. The van der Waals surface area contributed by atoms with Crippen molar-refractivity contribution in [1.82, 2.24) is 0 Å². The predicted molar refractivity (Wildman–Crippen MR) is 94.7 cm³/mol. The summed E-state index contributed by atoms with van der Waals surface area (Å²) in [6, 6.07) is 0. The van der Waals surface area contributed by atoms with E-state index in [4.69, 9.17) is 9.47 Å². The Labute approximate surface area is 150 Å². The molecule has 5 nitrogen and oxygen atoms in total. The molecule has 142 valence electrons. The van der Waals surface area contributed by atoms with Crippen molar-refractivity contribution in [1.29, 1.82) is 0 Å². The van der Waals surface area contributed by atoms with Crippen LogP contribution in [0.1, 0.15) is 60.3 Å². The molecular formula is C20H32O5. The number of aliphatic hydroxyl groups excluding tert-OH is 1. The molecule has 5 heteroatoms. The third kappa shape index (κ3) is 4.25. The first-order chi connectivity index (χ1) is 11.6. The van der Waals surface area contributed by atoms with E-state index in [9.17, 15) is 14.7 Å². The molecule has 2 rings (SSSR count). The Morgan fingerprint density at radius 3 is 2.52 bits per heavy atom. The maximum atomic E-state index is 12.8. The minimum absolute atomic E-state index is 0.113. The highest BCUT2D eigenvalue weighted by Gasteiger charge is 2.54. The van der Waals surface area contributed by atoms with Gasteiger partial charge in [-0.2, -0.15) is 0 Å². The highest BCUT2D eigenvalue weighted by molar-refractivity contribution is 5.77. The molecular weight excluding hydrogens is 320 g/mol. The summed E-state index contributed by atoms with van der Waals surface area (Å²) in [4.78, 5) is 23.6. The lowest BCUT2D eigenvalue weighted by Crippen LogP contribution is -2.51. The number of esters is 2. The fourth-order valence-electron chi connectivity index (χ4n) is 5.02. The van der Waals surface area contributed by atoms with E-state index in [-0.39, 0.29) is 35.9 Å². The highest BCUT2D eigenvalue weighted by Crippen LogP contribution is 2.59. The molecule has 1 N–H and O–H groups in total. The standard InChI is InChI=1S/C20H32O5/c1-13-7-8-16-19(3,4)9-6-10-20(16,5)17(13)18(23)25-12-15(22)11-24-14(2)21/h7,15-17,22H,6,8-12H2,1-5H3/t15-,16?,17+,20-/m0/s1. The molecule has 0 bridgehead atoms. The summed E-state index contributed by atoms with van der Waals surface area (Å²) in [5.41, 5.74) is 1.16. The number of hydrogen-bond donors (Lipinski definition) is 1. The normalized spacial score (nSPS) is 32.2. The molecule has 1 fully saturated rings. The van der Waals surface area contributed by atoms with Gasteiger partial charge in [-0.1, -0.05) is 38.8 Å². The van der Waals surface area contributed by atoms with Crippen molar-refractivity contribution in [3.8, 4) is 0 Å². The summed E-state index contributed by atoms with van der Waals surface area (Å²) in [6.07, 6.45) is 5.51. The van der Waals surface area contributed by atoms with E-state index >= 15 is 0 Å². The van der Waals surface area contributed by atoms with Crippen molar-refractivity contribution < 1.29 is 24.2 Å². The smallest absolute Gasteiger partial charge is 0.313 e. The molecule has 2 aliphatic rings. The Kier molecular flexibility index (Phi) is 5.97. The summed E-state index contributed by atoms with van der Waals surface area (Å²) in [5, 5.41) is 9.82. The van der Waals surface area contributed by atoms with Gasteiger partial charge in [0.15, 0.2) is 0 Å². The monoisotopic (exact) mass is 352 g/mol. The molecule has 0 spiro atoms. The number of carbonyl (C=O) groups excluding carboxylic acids is 2. The average Bonchev–Trinajstić information content (AvgIpc) is 2.49. The van der Waals surface area contributed by atoms with Gasteiger partial charge in [0.05, 0.1) is 5.92 Å². The summed E-state index contributed by atoms with van der Waals surface area (Å²) < 4.78 is 10.2. The van der Waals surface area contributed by atoms with Crippen molar-refractivity contribution in [2.75, 3.05) is 13.2 Å². The topological polar surface area (TPSA) is 72.8 Å². The SMILES string of the molecule is CC(=O)OC[C@H](O)COC(=O)[C@H]1C(C)=CCC2C(C)(C)CCC[C@@]21C. The number of rotatable bonds is 5. The minimum atomic E-state index is -0.993. The molecule has 0 aromatic rings. The first-order valence-electron chi connectivity index (χ1n) is 9.22. The summed E-state index contributed by atoms with van der Waals surface area (Å²) in [6.45, 7) is 9.79. The molecule has 0 saturated heterocycles. The van der Waals surface area contributed by atoms with Gasteiger partial charge in [-0.25, -0.2) is 0 Å². The molecule has 25 heavy (non-hydrogen) atoms. The number of fused-ring (bicyclic) bond motifs is 1. The Bertz CT molecular complexity index is 550. The average molecular weight is 352 g/mol.